The SMILES string of the molecule is CCCC[C@@H](CC)Cn1c(SCCS(C)(=O)=O)nnc1-c1ccc(Cl)cc1. The molecule has 150 valence electrons. The molecule has 0 radical (unpaired) electrons. The number of hydrogen-bond acceptors (Lipinski definition) is 5. The van der Waals surface area contributed by atoms with Gasteiger partial charge in [0.15, 0.2) is 11.0 Å². The van der Waals surface area contributed by atoms with Crippen molar-refractivity contribution in [3.05, 3.63) is 29.3 Å². The maximum atomic E-state index is 11.4. The lowest BCUT2D eigenvalue weighted by Gasteiger charge is -2.18. The summed E-state index contributed by atoms with van der Waals surface area (Å²) in [7, 11) is -2.99. The monoisotopic (exact) mass is 429 g/mol. The molecule has 0 bridgehead atoms. The Morgan fingerprint density at radius 3 is 2.48 bits per heavy atom. The van der Waals surface area contributed by atoms with Crippen molar-refractivity contribution in [1.82, 2.24) is 14.8 Å². The molecule has 0 aliphatic heterocycles. The quantitative estimate of drug-likeness (QED) is 0.472. The Hall–Kier alpha value is -1.05. The molecule has 8 heteroatoms. The van der Waals surface area contributed by atoms with E-state index in [-0.39, 0.29) is 5.75 Å². The third-order valence-corrected chi connectivity index (χ3v) is 6.91. The van der Waals surface area contributed by atoms with Crippen LogP contribution in [0, 0.1) is 5.92 Å². The summed E-state index contributed by atoms with van der Waals surface area (Å²) in [6.45, 7) is 5.25. The lowest BCUT2D eigenvalue weighted by Crippen LogP contribution is -2.13. The highest BCUT2D eigenvalue weighted by Crippen LogP contribution is 2.28. The van der Waals surface area contributed by atoms with Crippen LogP contribution < -0.4 is 0 Å². The van der Waals surface area contributed by atoms with Crippen LogP contribution in [0.25, 0.3) is 11.4 Å². The molecular weight excluding hydrogens is 402 g/mol. The van der Waals surface area contributed by atoms with Gasteiger partial charge in [0.25, 0.3) is 0 Å². The summed E-state index contributed by atoms with van der Waals surface area (Å²) in [6, 6.07) is 7.59. The van der Waals surface area contributed by atoms with Gasteiger partial charge < -0.3 is 4.57 Å². The van der Waals surface area contributed by atoms with Crippen molar-refractivity contribution in [1.29, 1.82) is 0 Å². The highest BCUT2D eigenvalue weighted by molar-refractivity contribution is 8.00. The van der Waals surface area contributed by atoms with E-state index in [9.17, 15) is 8.42 Å². The average Bonchev–Trinajstić information content (AvgIpc) is 3.00. The fourth-order valence-electron chi connectivity index (χ4n) is 2.83. The fraction of sp³-hybridized carbons (Fsp3) is 0.579. The predicted octanol–water partition coefficient (Wildman–Crippen LogP) is 4.95. The largest absolute Gasteiger partial charge is 0.302 e. The van der Waals surface area contributed by atoms with E-state index in [4.69, 9.17) is 11.6 Å². The molecule has 0 aliphatic rings. The average molecular weight is 430 g/mol. The topological polar surface area (TPSA) is 64.8 Å². The molecule has 27 heavy (non-hydrogen) atoms. The molecule has 1 aromatic heterocycles. The molecule has 0 amide bonds. The lowest BCUT2D eigenvalue weighted by molar-refractivity contribution is 0.380. The van der Waals surface area contributed by atoms with Crippen LogP contribution in [0.3, 0.4) is 0 Å². The van der Waals surface area contributed by atoms with Crippen molar-refractivity contribution < 1.29 is 8.42 Å². The Bertz CT molecular complexity index is 820. The molecular formula is C19H28ClN3O2S2. The van der Waals surface area contributed by atoms with E-state index in [0.717, 1.165) is 29.5 Å². The third kappa shape index (κ3) is 7.12. The van der Waals surface area contributed by atoms with Gasteiger partial charge in [-0.25, -0.2) is 8.42 Å². The Kier molecular flexibility index (Phi) is 8.63. The molecule has 0 aliphatic carbocycles. The van der Waals surface area contributed by atoms with E-state index in [0.29, 0.717) is 16.7 Å². The summed E-state index contributed by atoms with van der Waals surface area (Å²) >= 11 is 7.47. The smallest absolute Gasteiger partial charge is 0.191 e. The first-order chi connectivity index (χ1) is 12.8. The van der Waals surface area contributed by atoms with Gasteiger partial charge in [-0.2, -0.15) is 0 Å². The summed E-state index contributed by atoms with van der Waals surface area (Å²) in [5.41, 5.74) is 0.965. The first-order valence-electron chi connectivity index (χ1n) is 9.33. The van der Waals surface area contributed by atoms with Crippen LogP contribution in [-0.2, 0) is 16.4 Å². The van der Waals surface area contributed by atoms with Gasteiger partial charge in [0.1, 0.15) is 9.84 Å². The first kappa shape index (κ1) is 22.2. The van der Waals surface area contributed by atoms with Gasteiger partial charge in [0.05, 0.1) is 5.75 Å². The normalized spacial score (nSPS) is 13.0. The summed E-state index contributed by atoms with van der Waals surface area (Å²) in [4.78, 5) is 0. The van der Waals surface area contributed by atoms with E-state index in [1.54, 1.807) is 0 Å². The van der Waals surface area contributed by atoms with Crippen LogP contribution in [0.2, 0.25) is 5.02 Å². The van der Waals surface area contributed by atoms with E-state index in [1.807, 2.05) is 24.3 Å². The number of aromatic nitrogens is 3. The van der Waals surface area contributed by atoms with E-state index in [1.165, 1.54) is 37.3 Å². The molecule has 0 unspecified atom stereocenters. The van der Waals surface area contributed by atoms with E-state index in [2.05, 4.69) is 28.6 Å². The van der Waals surface area contributed by atoms with E-state index < -0.39 is 9.84 Å². The second kappa shape index (κ2) is 10.5. The maximum absolute atomic E-state index is 11.4. The molecule has 1 aromatic carbocycles. The number of hydrogen-bond donors (Lipinski definition) is 0. The number of nitrogens with zero attached hydrogens (tertiary/aromatic N) is 3. The van der Waals surface area contributed by atoms with Crippen LogP contribution in [0.5, 0.6) is 0 Å². The van der Waals surface area contributed by atoms with Crippen molar-refractivity contribution in [3.8, 4) is 11.4 Å². The van der Waals surface area contributed by atoms with Crippen LogP contribution in [0.15, 0.2) is 29.4 Å². The zero-order chi connectivity index (χ0) is 19.9. The fourth-order valence-corrected chi connectivity index (χ4v) is 5.10. The van der Waals surface area contributed by atoms with Crippen LogP contribution >= 0.6 is 23.4 Å². The lowest BCUT2D eigenvalue weighted by atomic mass is 9.99. The second-order valence-corrected chi connectivity index (χ2v) is 10.6. The van der Waals surface area contributed by atoms with Gasteiger partial charge >= 0.3 is 0 Å². The second-order valence-electron chi connectivity index (χ2n) is 6.82. The summed E-state index contributed by atoms with van der Waals surface area (Å²) in [5, 5.41) is 10.2. The maximum Gasteiger partial charge on any atom is 0.191 e. The Balaban J connectivity index is 2.28. The van der Waals surface area contributed by atoms with Crippen molar-refractivity contribution in [2.75, 3.05) is 17.8 Å². The van der Waals surface area contributed by atoms with Gasteiger partial charge in [-0.3, -0.25) is 0 Å². The molecule has 2 rings (SSSR count). The molecule has 0 fully saturated rings. The van der Waals surface area contributed by atoms with E-state index >= 15 is 0 Å². The Labute approximate surface area is 171 Å². The number of unbranched alkanes of at least 4 members (excludes halogenated alkanes) is 1. The van der Waals surface area contributed by atoms with Crippen LogP contribution in [-0.4, -0.2) is 40.9 Å². The molecule has 5 nitrogen and oxygen atoms in total. The summed E-state index contributed by atoms with van der Waals surface area (Å²) in [6.07, 6.45) is 5.89. The third-order valence-electron chi connectivity index (χ3n) is 4.49. The Morgan fingerprint density at radius 2 is 1.89 bits per heavy atom. The highest BCUT2D eigenvalue weighted by Gasteiger charge is 2.18. The molecule has 2 aromatic rings. The Morgan fingerprint density at radius 1 is 1.19 bits per heavy atom. The van der Waals surface area contributed by atoms with Gasteiger partial charge in [-0.05, 0) is 36.6 Å². The number of benzene rings is 1. The first-order valence-corrected chi connectivity index (χ1v) is 12.8. The molecule has 1 atom stereocenters. The predicted molar refractivity (Wildman–Crippen MR) is 114 cm³/mol. The molecule has 0 saturated carbocycles. The standard InChI is InChI=1S/C19H28ClN3O2S2/c1-4-6-7-15(5-2)14-23-18(16-8-10-17(20)11-9-16)21-22-19(23)26-12-13-27(3,24)25/h8-11,15H,4-7,12-14H2,1-3H3/t15-/m1/s1. The molecule has 1 heterocycles. The van der Waals surface area contributed by atoms with Gasteiger partial charge in [-0.15, -0.1) is 10.2 Å². The summed E-state index contributed by atoms with van der Waals surface area (Å²) < 4.78 is 25.0. The minimum Gasteiger partial charge on any atom is -0.302 e. The van der Waals surface area contributed by atoms with Crippen LogP contribution in [0.1, 0.15) is 39.5 Å². The number of sulfone groups is 1. The molecule has 0 N–H and O–H groups in total. The zero-order valence-electron chi connectivity index (χ0n) is 16.2. The van der Waals surface area contributed by atoms with Gasteiger partial charge in [0, 0.05) is 29.1 Å². The van der Waals surface area contributed by atoms with Gasteiger partial charge in [-0.1, -0.05) is 56.5 Å². The van der Waals surface area contributed by atoms with Gasteiger partial charge in [0.2, 0.25) is 0 Å². The minimum atomic E-state index is -2.99. The number of halogens is 1. The van der Waals surface area contributed by atoms with Crippen molar-refractivity contribution in [2.24, 2.45) is 5.92 Å². The number of thioether (sulfide) groups is 1. The summed E-state index contributed by atoms with van der Waals surface area (Å²) in [5.74, 6) is 1.96. The van der Waals surface area contributed by atoms with Crippen molar-refractivity contribution >= 4 is 33.2 Å². The van der Waals surface area contributed by atoms with Crippen molar-refractivity contribution in [3.63, 3.8) is 0 Å². The highest BCUT2D eigenvalue weighted by atomic mass is 35.5. The van der Waals surface area contributed by atoms with Crippen LogP contribution in [0.4, 0.5) is 0 Å². The zero-order valence-corrected chi connectivity index (χ0v) is 18.6. The molecule has 0 saturated heterocycles. The minimum absolute atomic E-state index is 0.133. The van der Waals surface area contributed by atoms with Crippen molar-refractivity contribution in [2.45, 2.75) is 51.2 Å². The number of rotatable bonds is 11. The molecule has 0 spiro atoms.